The van der Waals surface area contributed by atoms with Crippen molar-refractivity contribution in [2.45, 2.75) is 6.54 Å². The quantitative estimate of drug-likeness (QED) is 0.168. The number of anilines is 1. The number of allylic oxidation sites excluding steroid dienone is 1. The van der Waals surface area contributed by atoms with E-state index in [2.05, 4.69) is 0 Å². The number of fused-ring (bicyclic) bond motifs is 1. The summed E-state index contributed by atoms with van der Waals surface area (Å²) in [6.45, 7) is -1.42. The summed E-state index contributed by atoms with van der Waals surface area (Å²) in [6.07, 6.45) is 3.10. The Morgan fingerprint density at radius 1 is 1.05 bits per heavy atom. The van der Waals surface area contributed by atoms with Crippen LogP contribution in [0.3, 0.4) is 0 Å². The summed E-state index contributed by atoms with van der Waals surface area (Å²) in [4.78, 5) is 51.2. The van der Waals surface area contributed by atoms with Gasteiger partial charge in [-0.2, -0.15) is 0 Å². The number of nitrogens with zero attached hydrogens (tertiary/aromatic N) is 3. The number of rotatable bonds is 8. The van der Waals surface area contributed by atoms with Gasteiger partial charge in [-0.3, -0.25) is 0 Å². The van der Waals surface area contributed by atoms with E-state index < -0.39 is 52.4 Å². The molecule has 1 aromatic heterocycles. The zero-order valence-electron chi connectivity index (χ0n) is 19.0. The second-order valence-electron chi connectivity index (χ2n) is 7.72. The number of thiazole rings is 1. The number of thiocarbonyl (C=S) groups is 1. The second kappa shape index (κ2) is 11.1. The summed E-state index contributed by atoms with van der Waals surface area (Å²) in [5.74, 6) is -3.84. The van der Waals surface area contributed by atoms with Gasteiger partial charge in [0.25, 0.3) is 0 Å². The van der Waals surface area contributed by atoms with E-state index in [1.807, 2.05) is 18.2 Å². The third kappa shape index (κ3) is 6.09. The molecule has 1 fully saturated rings. The molecule has 1 saturated heterocycles. The van der Waals surface area contributed by atoms with E-state index in [0.29, 0.717) is 4.60 Å². The average Bonchev–Trinajstić information content (AvgIpc) is 3.42. The Morgan fingerprint density at radius 2 is 1.74 bits per heavy atom. The summed E-state index contributed by atoms with van der Waals surface area (Å²) in [7, 11) is -4.22. The number of carbonyl (C=O) groups excluding carboxylic acids is 1. The molecule has 2 aliphatic rings. The van der Waals surface area contributed by atoms with Crippen molar-refractivity contribution < 1.29 is 37.6 Å². The first-order valence-corrected chi connectivity index (χ1v) is 15.8. The SMILES string of the molecule is O=C(O)CN1C(=O)/C(=c2/sc(=CC=C3[Se]c4ccccc4N3CCS(=O)(=O)O)c(=O)n2CC(=O)O)SC1=S. The Balaban J connectivity index is 1.82. The number of aliphatic carboxylic acids is 2. The van der Waals surface area contributed by atoms with Crippen molar-refractivity contribution in [3.63, 3.8) is 0 Å². The first-order valence-electron chi connectivity index (χ1n) is 10.5. The molecule has 12 nitrogen and oxygen atoms in total. The number of benzene rings is 1. The molecule has 0 atom stereocenters. The van der Waals surface area contributed by atoms with Crippen LogP contribution < -0.4 is 24.1 Å². The van der Waals surface area contributed by atoms with E-state index in [-0.39, 0.29) is 39.9 Å². The fourth-order valence-corrected chi connectivity index (χ4v) is 8.70. The van der Waals surface area contributed by atoms with Gasteiger partial charge in [0.1, 0.15) is 0 Å². The Hall–Kier alpha value is -2.79. The average molecular weight is 663 g/mol. The van der Waals surface area contributed by atoms with Gasteiger partial charge >= 0.3 is 235 Å². The number of amides is 1. The van der Waals surface area contributed by atoms with Crippen LogP contribution >= 0.6 is 35.3 Å². The topological polar surface area (TPSA) is 175 Å². The van der Waals surface area contributed by atoms with Gasteiger partial charge in [-0.15, -0.1) is 0 Å². The number of carboxylic acids is 2. The van der Waals surface area contributed by atoms with Crippen molar-refractivity contribution >= 4 is 104 Å². The standard InChI is InChI=1S/C21H17N3O9S4Se/c25-15(26)9-23-18(29)12(35-20(23)17-19(30)24(10-16(27)28)21(34)36-17)5-6-14-22(7-8-37(31,32)33)11-3-1-2-4-13(11)38-14/h1-6H,7-10H2,(H,25,26)(H,27,28)(H,31,32,33)/b12-5?,14-6?,20-17-. The van der Waals surface area contributed by atoms with E-state index >= 15 is 0 Å². The predicted molar refractivity (Wildman–Crippen MR) is 147 cm³/mol. The van der Waals surface area contributed by atoms with Crippen LogP contribution in [-0.4, -0.2) is 88.6 Å². The molecule has 3 N–H and O–H groups in total. The van der Waals surface area contributed by atoms with Crippen LogP contribution in [0.2, 0.25) is 0 Å². The Labute approximate surface area is 234 Å². The molecule has 3 heterocycles. The summed E-state index contributed by atoms with van der Waals surface area (Å²) >= 11 is 6.51. The van der Waals surface area contributed by atoms with Gasteiger partial charge < -0.3 is 0 Å². The van der Waals surface area contributed by atoms with Gasteiger partial charge in [0, 0.05) is 0 Å². The van der Waals surface area contributed by atoms with E-state index in [0.717, 1.165) is 42.7 Å². The summed E-state index contributed by atoms with van der Waals surface area (Å²) in [6, 6.07) is 7.35. The van der Waals surface area contributed by atoms with Gasteiger partial charge in [0.15, 0.2) is 0 Å². The number of thioether (sulfide) groups is 1. The van der Waals surface area contributed by atoms with Gasteiger partial charge in [0.05, 0.1) is 0 Å². The monoisotopic (exact) mass is 663 g/mol. The molecule has 0 bridgehead atoms. The number of para-hydroxylation sites is 1. The summed E-state index contributed by atoms with van der Waals surface area (Å²) < 4.78 is 34.7. The van der Waals surface area contributed by atoms with Crippen molar-refractivity contribution in [1.82, 2.24) is 9.47 Å². The third-order valence-corrected chi connectivity index (χ3v) is 10.9. The van der Waals surface area contributed by atoms with Gasteiger partial charge in [-0.1, -0.05) is 0 Å². The molecule has 4 rings (SSSR count). The van der Waals surface area contributed by atoms with Gasteiger partial charge in [-0.25, -0.2) is 0 Å². The predicted octanol–water partition coefficient (Wildman–Crippen LogP) is -1.59. The van der Waals surface area contributed by atoms with Crippen LogP contribution in [0, 0.1) is 0 Å². The van der Waals surface area contributed by atoms with Gasteiger partial charge in [-0.05, 0) is 0 Å². The van der Waals surface area contributed by atoms with E-state index in [1.54, 1.807) is 17.0 Å². The maximum atomic E-state index is 13.1. The molecule has 2 aromatic rings. The van der Waals surface area contributed by atoms with Crippen molar-refractivity contribution in [2.75, 3.05) is 23.7 Å². The molecule has 0 radical (unpaired) electrons. The molecular formula is C21H17N3O9S4Se. The minimum absolute atomic E-state index is 0.0177. The summed E-state index contributed by atoms with van der Waals surface area (Å²) in [5, 5.41) is 18.4. The van der Waals surface area contributed by atoms with Crippen LogP contribution in [0.5, 0.6) is 0 Å². The molecule has 0 saturated carbocycles. The molecule has 38 heavy (non-hydrogen) atoms. The van der Waals surface area contributed by atoms with Crippen molar-refractivity contribution in [3.05, 3.63) is 54.5 Å². The fourth-order valence-electron chi connectivity index (χ4n) is 3.54. The number of hydrogen-bond acceptors (Lipinski definition) is 10. The van der Waals surface area contributed by atoms with E-state index in [9.17, 15) is 37.3 Å². The molecule has 1 amide bonds. The number of carboxylic acid groups (broad SMARTS) is 2. The Bertz CT molecular complexity index is 1690. The minimum atomic E-state index is -4.22. The number of aromatic nitrogens is 1. The number of hydrogen-bond donors (Lipinski definition) is 3. The Kier molecular flexibility index (Phi) is 8.27. The van der Waals surface area contributed by atoms with Crippen molar-refractivity contribution in [1.29, 1.82) is 0 Å². The zero-order valence-corrected chi connectivity index (χ0v) is 23.9. The molecule has 200 valence electrons. The summed E-state index contributed by atoms with van der Waals surface area (Å²) in [5.41, 5.74) is 0.113. The molecule has 2 aliphatic heterocycles. The molecule has 17 heteroatoms. The van der Waals surface area contributed by atoms with Crippen LogP contribution in [-0.2, 0) is 31.0 Å². The maximum absolute atomic E-state index is 13.1. The third-order valence-electron chi connectivity index (χ3n) is 5.12. The normalized spacial score (nSPS) is 18.6. The van der Waals surface area contributed by atoms with Crippen LogP contribution in [0.15, 0.2) is 39.7 Å². The second-order valence-corrected chi connectivity index (χ2v) is 14.2. The van der Waals surface area contributed by atoms with Gasteiger partial charge in [0.2, 0.25) is 0 Å². The van der Waals surface area contributed by atoms with Crippen molar-refractivity contribution in [2.24, 2.45) is 0 Å². The molecular weight excluding hydrogens is 645 g/mol. The number of carbonyl (C=O) groups is 3. The van der Waals surface area contributed by atoms with Crippen LogP contribution in [0.1, 0.15) is 0 Å². The van der Waals surface area contributed by atoms with Crippen molar-refractivity contribution in [3.8, 4) is 0 Å². The molecule has 0 spiro atoms. The van der Waals surface area contributed by atoms with E-state index in [1.165, 1.54) is 6.08 Å². The molecule has 0 aliphatic carbocycles. The molecule has 1 aromatic carbocycles. The first kappa shape index (κ1) is 28.2. The van der Waals surface area contributed by atoms with E-state index in [4.69, 9.17) is 17.3 Å². The van der Waals surface area contributed by atoms with Crippen LogP contribution in [0.25, 0.3) is 11.0 Å². The van der Waals surface area contributed by atoms with Crippen LogP contribution in [0.4, 0.5) is 5.69 Å². The Morgan fingerprint density at radius 3 is 2.39 bits per heavy atom. The first-order chi connectivity index (χ1) is 17.9. The molecule has 0 unspecified atom stereocenters. The zero-order chi connectivity index (χ0) is 27.8. The fraction of sp³-hybridized carbons (Fsp3) is 0.190.